The topological polar surface area (TPSA) is 52.7 Å². The molecule has 2 aliphatic heterocycles. The number of hydrogen-bond acceptors (Lipinski definition) is 2. The maximum Gasteiger partial charge on any atom is 0.321 e. The summed E-state index contributed by atoms with van der Waals surface area (Å²) in [6.07, 6.45) is 5.80. The molecule has 4 rings (SSSR count). The molecular formula is C27H35N3O2. The third kappa shape index (κ3) is 6.12. The van der Waals surface area contributed by atoms with Crippen LogP contribution in [0, 0.1) is 18.8 Å². The first-order valence-electron chi connectivity index (χ1n) is 12.0. The lowest BCUT2D eigenvalue weighted by atomic mass is 9.89. The van der Waals surface area contributed by atoms with Gasteiger partial charge in [-0.2, -0.15) is 0 Å². The second-order valence-electron chi connectivity index (χ2n) is 9.47. The quantitative estimate of drug-likeness (QED) is 0.712. The number of carbonyl (C=O) groups is 2. The zero-order valence-electron chi connectivity index (χ0n) is 19.1. The molecule has 170 valence electrons. The van der Waals surface area contributed by atoms with Crippen molar-refractivity contribution in [2.24, 2.45) is 11.8 Å². The van der Waals surface area contributed by atoms with E-state index in [4.69, 9.17) is 0 Å². The number of carbonyl (C=O) groups excluding carboxylic acids is 2. The molecule has 1 N–H and O–H groups in total. The molecule has 2 saturated heterocycles. The van der Waals surface area contributed by atoms with Crippen LogP contribution >= 0.6 is 0 Å². The van der Waals surface area contributed by atoms with E-state index in [0.29, 0.717) is 18.9 Å². The Kier molecular flexibility index (Phi) is 7.46. The summed E-state index contributed by atoms with van der Waals surface area (Å²) in [6, 6.07) is 18.4. The molecule has 5 heteroatoms. The Morgan fingerprint density at radius 2 is 1.59 bits per heavy atom. The highest BCUT2D eigenvalue weighted by Crippen LogP contribution is 2.25. The number of urea groups is 1. The van der Waals surface area contributed by atoms with Crippen LogP contribution < -0.4 is 5.32 Å². The summed E-state index contributed by atoms with van der Waals surface area (Å²) in [5.41, 5.74) is 3.38. The standard InChI is InChI=1S/C27H35N3O2/c1-21-9-11-25(12-10-21)28-27(32)30-15-5-8-24(20-30)19-26(31)29-16-13-23(14-17-29)18-22-6-3-2-4-7-22/h2-4,6-7,9-12,23-24H,5,8,13-20H2,1H3,(H,28,32)/t24-/m1/s1. The minimum Gasteiger partial charge on any atom is -0.343 e. The van der Waals surface area contributed by atoms with Crippen molar-refractivity contribution in [2.45, 2.75) is 45.4 Å². The number of nitrogens with one attached hydrogen (secondary N) is 1. The van der Waals surface area contributed by atoms with E-state index in [1.165, 1.54) is 11.1 Å². The number of piperidine rings is 2. The van der Waals surface area contributed by atoms with Crippen molar-refractivity contribution in [2.75, 3.05) is 31.5 Å². The average molecular weight is 434 g/mol. The van der Waals surface area contributed by atoms with Crippen molar-refractivity contribution in [1.82, 2.24) is 9.80 Å². The summed E-state index contributed by atoms with van der Waals surface area (Å²) in [5, 5.41) is 2.99. The summed E-state index contributed by atoms with van der Waals surface area (Å²) in [4.78, 5) is 29.5. The summed E-state index contributed by atoms with van der Waals surface area (Å²) in [6.45, 7) is 5.17. The Morgan fingerprint density at radius 1 is 0.875 bits per heavy atom. The largest absolute Gasteiger partial charge is 0.343 e. The van der Waals surface area contributed by atoms with Gasteiger partial charge < -0.3 is 15.1 Å². The number of likely N-dealkylation sites (tertiary alicyclic amines) is 2. The third-order valence-corrected chi connectivity index (χ3v) is 6.91. The summed E-state index contributed by atoms with van der Waals surface area (Å²) >= 11 is 0. The van der Waals surface area contributed by atoms with Crippen molar-refractivity contribution in [3.8, 4) is 0 Å². The molecule has 0 saturated carbocycles. The van der Waals surface area contributed by atoms with E-state index in [2.05, 4.69) is 35.6 Å². The van der Waals surface area contributed by atoms with Crippen molar-refractivity contribution < 1.29 is 9.59 Å². The number of anilines is 1. The first-order chi connectivity index (χ1) is 15.6. The van der Waals surface area contributed by atoms with Crippen molar-refractivity contribution in [3.63, 3.8) is 0 Å². The molecule has 3 amide bonds. The lowest BCUT2D eigenvalue weighted by Crippen LogP contribution is -2.45. The fraction of sp³-hybridized carbons (Fsp3) is 0.481. The smallest absolute Gasteiger partial charge is 0.321 e. The van der Waals surface area contributed by atoms with Crippen LogP contribution in [0.25, 0.3) is 0 Å². The van der Waals surface area contributed by atoms with Gasteiger partial charge in [0.25, 0.3) is 0 Å². The zero-order chi connectivity index (χ0) is 22.3. The second kappa shape index (κ2) is 10.7. The molecule has 2 aliphatic rings. The predicted molar refractivity (Wildman–Crippen MR) is 129 cm³/mol. The molecule has 2 fully saturated rings. The van der Waals surface area contributed by atoms with Gasteiger partial charge in [-0.05, 0) is 68.6 Å². The average Bonchev–Trinajstić information content (AvgIpc) is 2.82. The van der Waals surface area contributed by atoms with Gasteiger partial charge in [-0.3, -0.25) is 4.79 Å². The lowest BCUT2D eigenvalue weighted by Gasteiger charge is -2.36. The Bertz CT molecular complexity index is 889. The van der Waals surface area contributed by atoms with E-state index < -0.39 is 0 Å². The van der Waals surface area contributed by atoms with Crippen molar-refractivity contribution in [3.05, 3.63) is 65.7 Å². The van der Waals surface area contributed by atoms with Gasteiger partial charge in [0.2, 0.25) is 5.91 Å². The molecule has 0 aromatic heterocycles. The fourth-order valence-corrected chi connectivity index (χ4v) is 4.97. The number of nitrogens with zero attached hydrogens (tertiary/aromatic N) is 2. The van der Waals surface area contributed by atoms with Gasteiger partial charge >= 0.3 is 6.03 Å². The number of hydrogen-bond donors (Lipinski definition) is 1. The molecule has 0 spiro atoms. The van der Waals surface area contributed by atoms with Crippen LogP contribution in [0.1, 0.15) is 43.2 Å². The van der Waals surface area contributed by atoms with E-state index in [1.807, 2.05) is 41.0 Å². The third-order valence-electron chi connectivity index (χ3n) is 6.91. The summed E-state index contributed by atoms with van der Waals surface area (Å²) in [7, 11) is 0. The second-order valence-corrected chi connectivity index (χ2v) is 9.47. The monoisotopic (exact) mass is 433 g/mol. The van der Waals surface area contributed by atoms with Gasteiger partial charge in [-0.1, -0.05) is 48.0 Å². The van der Waals surface area contributed by atoms with E-state index in [9.17, 15) is 9.59 Å². The SMILES string of the molecule is Cc1ccc(NC(=O)N2CCC[C@H](CC(=O)N3CCC(Cc4ccccc4)CC3)C2)cc1. The van der Waals surface area contributed by atoms with E-state index in [1.54, 1.807) is 0 Å². The van der Waals surface area contributed by atoms with Gasteiger partial charge in [0.15, 0.2) is 0 Å². The van der Waals surface area contributed by atoms with Crippen LogP contribution in [0.3, 0.4) is 0 Å². The van der Waals surface area contributed by atoms with Crippen LogP contribution in [0.15, 0.2) is 54.6 Å². The van der Waals surface area contributed by atoms with Gasteiger partial charge in [-0.15, -0.1) is 0 Å². The van der Waals surface area contributed by atoms with Crippen LogP contribution in [-0.4, -0.2) is 47.9 Å². The normalized spacial score (nSPS) is 19.6. The van der Waals surface area contributed by atoms with Crippen molar-refractivity contribution >= 4 is 17.6 Å². The van der Waals surface area contributed by atoms with Crippen LogP contribution in [-0.2, 0) is 11.2 Å². The number of aryl methyl sites for hydroxylation is 1. The first-order valence-corrected chi connectivity index (χ1v) is 12.0. The molecule has 5 nitrogen and oxygen atoms in total. The van der Waals surface area contributed by atoms with Crippen LogP contribution in [0.2, 0.25) is 0 Å². The minimum absolute atomic E-state index is 0.0623. The molecule has 2 aromatic carbocycles. The summed E-state index contributed by atoms with van der Waals surface area (Å²) < 4.78 is 0. The first kappa shape index (κ1) is 22.4. The highest BCUT2D eigenvalue weighted by Gasteiger charge is 2.29. The molecule has 0 unspecified atom stereocenters. The molecule has 2 heterocycles. The lowest BCUT2D eigenvalue weighted by molar-refractivity contribution is -0.134. The molecule has 32 heavy (non-hydrogen) atoms. The fourth-order valence-electron chi connectivity index (χ4n) is 4.97. The van der Waals surface area contributed by atoms with Gasteiger partial charge in [0.05, 0.1) is 0 Å². The highest BCUT2D eigenvalue weighted by molar-refractivity contribution is 5.89. The van der Waals surface area contributed by atoms with Gasteiger partial charge in [-0.25, -0.2) is 4.79 Å². The number of rotatable bonds is 5. The van der Waals surface area contributed by atoms with Crippen molar-refractivity contribution in [1.29, 1.82) is 0 Å². The van der Waals surface area contributed by atoms with E-state index in [0.717, 1.165) is 57.4 Å². The Balaban J connectivity index is 1.22. The molecule has 0 bridgehead atoms. The Morgan fingerprint density at radius 3 is 2.31 bits per heavy atom. The Labute approximate surface area is 191 Å². The molecular weight excluding hydrogens is 398 g/mol. The molecule has 1 atom stereocenters. The van der Waals surface area contributed by atoms with E-state index >= 15 is 0 Å². The van der Waals surface area contributed by atoms with Gasteiger partial charge in [0, 0.05) is 38.3 Å². The zero-order valence-corrected chi connectivity index (χ0v) is 19.1. The van der Waals surface area contributed by atoms with Gasteiger partial charge in [0.1, 0.15) is 0 Å². The molecule has 0 radical (unpaired) electrons. The highest BCUT2D eigenvalue weighted by atomic mass is 16.2. The number of amides is 3. The Hall–Kier alpha value is -2.82. The molecule has 0 aliphatic carbocycles. The molecule has 2 aromatic rings. The maximum absolute atomic E-state index is 12.9. The van der Waals surface area contributed by atoms with Crippen LogP contribution in [0.4, 0.5) is 10.5 Å². The number of benzene rings is 2. The maximum atomic E-state index is 12.9. The predicted octanol–water partition coefficient (Wildman–Crippen LogP) is 5.11. The summed E-state index contributed by atoms with van der Waals surface area (Å²) in [5.74, 6) is 1.17. The van der Waals surface area contributed by atoms with Crippen LogP contribution in [0.5, 0.6) is 0 Å². The minimum atomic E-state index is -0.0623. The van der Waals surface area contributed by atoms with E-state index in [-0.39, 0.29) is 17.9 Å².